The van der Waals surface area contributed by atoms with Crippen LogP contribution in [0.15, 0.2) is 91.0 Å². The molecule has 0 radical (unpaired) electrons. The largest absolute Gasteiger partial charge is 0.489 e. The summed E-state index contributed by atoms with van der Waals surface area (Å²) in [5, 5.41) is 2.56. The fourth-order valence-electron chi connectivity index (χ4n) is 5.88. The molecule has 0 saturated carbocycles. The first-order chi connectivity index (χ1) is 24.9. The molecule has 4 aromatic carbocycles. The van der Waals surface area contributed by atoms with E-state index in [2.05, 4.69) is 50.4 Å². The van der Waals surface area contributed by atoms with Gasteiger partial charge < -0.3 is 24.4 Å². The van der Waals surface area contributed by atoms with Crippen molar-refractivity contribution in [2.75, 3.05) is 13.1 Å². The highest BCUT2D eigenvalue weighted by molar-refractivity contribution is 5.85. The highest BCUT2D eigenvalue weighted by Crippen LogP contribution is 2.31. The molecule has 1 aliphatic rings. The lowest BCUT2D eigenvalue weighted by Crippen LogP contribution is -2.41. The number of ether oxygens (including phenoxy) is 3. The number of carbonyl (C=O) groups excluding carboxylic acids is 3. The first kappa shape index (κ1) is 38.9. The number of amides is 2. The molecule has 0 bridgehead atoms. The summed E-state index contributed by atoms with van der Waals surface area (Å²) >= 11 is 0. The van der Waals surface area contributed by atoms with E-state index < -0.39 is 41.4 Å². The molecule has 2 amide bonds. The minimum absolute atomic E-state index is 0.0334. The maximum absolute atomic E-state index is 13.3. The van der Waals surface area contributed by atoms with Gasteiger partial charge in [-0.3, -0.25) is 4.79 Å². The van der Waals surface area contributed by atoms with Gasteiger partial charge in [-0.1, -0.05) is 87.5 Å². The highest BCUT2D eigenvalue weighted by Gasteiger charge is 2.31. The molecule has 0 saturated heterocycles. The highest BCUT2D eigenvalue weighted by atomic mass is 19.4. The number of benzene rings is 4. The number of halogens is 3. The lowest BCUT2D eigenvalue weighted by Gasteiger charge is -2.28. The second-order valence-corrected chi connectivity index (χ2v) is 15.2. The van der Waals surface area contributed by atoms with Gasteiger partial charge in [0, 0.05) is 19.6 Å². The third-order valence-electron chi connectivity index (χ3n) is 8.85. The Kier molecular flexibility index (Phi) is 11.5. The number of hydrogen-bond acceptors (Lipinski definition) is 6. The van der Waals surface area contributed by atoms with Crippen LogP contribution in [0.1, 0.15) is 80.8 Å². The molecule has 0 fully saturated rings. The Morgan fingerprint density at radius 3 is 1.96 bits per heavy atom. The topological polar surface area (TPSA) is 94.2 Å². The average Bonchev–Trinajstić information content (AvgIpc) is 3.09. The van der Waals surface area contributed by atoms with E-state index in [9.17, 15) is 27.6 Å². The van der Waals surface area contributed by atoms with Gasteiger partial charge in [0.25, 0.3) is 0 Å². The van der Waals surface area contributed by atoms with Crippen LogP contribution in [0.2, 0.25) is 0 Å². The molecule has 11 heteroatoms. The molecule has 4 aromatic rings. The fraction of sp³-hybridized carbons (Fsp3) is 0.357. The van der Waals surface area contributed by atoms with Gasteiger partial charge in [-0.2, -0.15) is 13.2 Å². The van der Waals surface area contributed by atoms with Gasteiger partial charge in [0.2, 0.25) is 0 Å². The van der Waals surface area contributed by atoms with Crippen LogP contribution in [0.5, 0.6) is 5.75 Å². The number of nitrogens with zero attached hydrogens (tertiary/aromatic N) is 1. The molecule has 0 spiro atoms. The number of carbonyl (C=O) groups is 3. The second-order valence-electron chi connectivity index (χ2n) is 15.2. The van der Waals surface area contributed by atoms with Gasteiger partial charge in [0.05, 0.1) is 11.5 Å². The predicted molar refractivity (Wildman–Crippen MR) is 195 cm³/mol. The molecule has 8 nitrogen and oxygen atoms in total. The Balaban J connectivity index is 1.18. The van der Waals surface area contributed by atoms with Gasteiger partial charge in [-0.25, -0.2) is 9.59 Å². The van der Waals surface area contributed by atoms with Gasteiger partial charge >= 0.3 is 24.3 Å². The van der Waals surface area contributed by atoms with Crippen LogP contribution < -0.4 is 10.1 Å². The summed E-state index contributed by atoms with van der Waals surface area (Å²) < 4.78 is 55.2. The monoisotopic (exact) mass is 730 g/mol. The van der Waals surface area contributed by atoms with Crippen molar-refractivity contribution in [3.05, 3.63) is 124 Å². The zero-order chi connectivity index (χ0) is 38.6. The van der Waals surface area contributed by atoms with Crippen LogP contribution in [-0.4, -0.2) is 41.7 Å². The van der Waals surface area contributed by atoms with Gasteiger partial charge in [0.15, 0.2) is 0 Å². The predicted octanol–water partition coefficient (Wildman–Crippen LogP) is 9.58. The number of esters is 1. The van der Waals surface area contributed by atoms with Gasteiger partial charge in [-0.05, 0) is 95.8 Å². The molecule has 1 heterocycles. The van der Waals surface area contributed by atoms with E-state index in [1.54, 1.807) is 32.9 Å². The number of rotatable bonds is 8. The number of nitrogens with one attached hydrogen (secondary N) is 1. The number of alkyl carbamates (subject to hydrolysis) is 1. The standard InChI is InChI=1S/C42H45F3N2O6/c1-40(2,3)33-18-13-29(14-19-33)28-9-11-31(12-10-28)36(37(48)53-41(4,5)6)24-46-38(49)52-39(50)47-22-21-30-15-20-35(23-32(30)25-47)51-26-27-7-16-34(17-8-27)42(43,44)45/h7-20,23,36H,21-22,24-26H2,1-6H3,(H,46,49). The molecule has 0 aromatic heterocycles. The SMILES string of the molecule is CC(C)(C)OC(=O)C(CNC(=O)OC(=O)N1CCc2ccc(OCc3ccc(C(F)(F)F)cc3)cc2C1)c1ccc(-c2ccc(C(C)(C)C)cc2)cc1. The van der Waals surface area contributed by atoms with Crippen LogP contribution in [0.25, 0.3) is 11.1 Å². The number of fused-ring (bicyclic) bond motifs is 1. The zero-order valence-corrected chi connectivity index (χ0v) is 30.8. The quantitative estimate of drug-likeness (QED) is 0.143. The molecule has 0 aliphatic carbocycles. The molecule has 5 rings (SSSR count). The van der Waals surface area contributed by atoms with Crippen LogP contribution in [-0.2, 0) is 45.4 Å². The molecule has 53 heavy (non-hydrogen) atoms. The molecule has 1 atom stereocenters. The lowest BCUT2D eigenvalue weighted by molar-refractivity contribution is -0.156. The third-order valence-corrected chi connectivity index (χ3v) is 8.85. The fourth-order valence-corrected chi connectivity index (χ4v) is 5.88. The molecule has 280 valence electrons. The van der Waals surface area contributed by atoms with Crippen molar-refractivity contribution in [1.29, 1.82) is 0 Å². The molecular formula is C42H45F3N2O6. The van der Waals surface area contributed by atoms with Gasteiger partial charge in [0.1, 0.15) is 18.0 Å². The minimum atomic E-state index is -4.42. The maximum atomic E-state index is 13.3. The van der Waals surface area contributed by atoms with Crippen molar-refractivity contribution in [3.8, 4) is 16.9 Å². The molecule has 1 unspecified atom stereocenters. The number of hydrogen-bond donors (Lipinski definition) is 1. The number of alkyl halides is 3. The van der Waals surface area contributed by atoms with Crippen molar-refractivity contribution < 1.29 is 41.8 Å². The maximum Gasteiger partial charge on any atom is 0.419 e. The van der Waals surface area contributed by atoms with Crippen molar-refractivity contribution in [1.82, 2.24) is 10.2 Å². The van der Waals surface area contributed by atoms with Crippen LogP contribution >= 0.6 is 0 Å². The van der Waals surface area contributed by atoms with Gasteiger partial charge in [-0.15, -0.1) is 0 Å². The minimum Gasteiger partial charge on any atom is -0.489 e. The first-order valence-corrected chi connectivity index (χ1v) is 17.4. The molecule has 1 aliphatic heterocycles. The Bertz CT molecular complexity index is 1910. The van der Waals surface area contributed by atoms with Crippen LogP contribution in [0.4, 0.5) is 22.8 Å². The summed E-state index contributed by atoms with van der Waals surface area (Å²) in [5.41, 5.74) is 4.74. The van der Waals surface area contributed by atoms with E-state index in [1.165, 1.54) is 22.6 Å². The molecule has 1 N–H and O–H groups in total. The summed E-state index contributed by atoms with van der Waals surface area (Å²) in [5.74, 6) is -0.913. The first-order valence-electron chi connectivity index (χ1n) is 17.4. The lowest BCUT2D eigenvalue weighted by atomic mass is 9.86. The summed E-state index contributed by atoms with van der Waals surface area (Å²) in [4.78, 5) is 40.6. The van der Waals surface area contributed by atoms with Crippen molar-refractivity contribution in [3.63, 3.8) is 0 Å². The van der Waals surface area contributed by atoms with E-state index in [0.29, 0.717) is 29.8 Å². The summed E-state index contributed by atoms with van der Waals surface area (Å²) in [6, 6.07) is 26.0. The summed E-state index contributed by atoms with van der Waals surface area (Å²) in [6.07, 6.45) is -5.75. The van der Waals surface area contributed by atoms with Crippen LogP contribution in [0.3, 0.4) is 0 Å². The van der Waals surface area contributed by atoms with Crippen LogP contribution in [0, 0.1) is 0 Å². The average molecular weight is 731 g/mol. The Morgan fingerprint density at radius 2 is 1.38 bits per heavy atom. The summed E-state index contributed by atoms with van der Waals surface area (Å²) in [7, 11) is 0. The van der Waals surface area contributed by atoms with E-state index in [-0.39, 0.29) is 25.1 Å². The Hall–Kier alpha value is -5.32. The third kappa shape index (κ3) is 10.6. The Labute approximate surface area is 308 Å². The van der Waals surface area contributed by atoms with E-state index in [4.69, 9.17) is 14.2 Å². The van der Waals surface area contributed by atoms with Crippen molar-refractivity contribution in [2.24, 2.45) is 0 Å². The zero-order valence-electron chi connectivity index (χ0n) is 30.8. The van der Waals surface area contributed by atoms with E-state index >= 15 is 0 Å². The normalized spacial score (nSPS) is 13.8. The Morgan fingerprint density at radius 1 is 0.774 bits per heavy atom. The molecular weight excluding hydrogens is 685 g/mol. The summed E-state index contributed by atoms with van der Waals surface area (Å²) in [6.45, 7) is 12.1. The van der Waals surface area contributed by atoms with E-state index in [1.807, 2.05) is 30.3 Å². The van der Waals surface area contributed by atoms with Crippen molar-refractivity contribution in [2.45, 2.75) is 84.2 Å². The second kappa shape index (κ2) is 15.7. The van der Waals surface area contributed by atoms with Crippen molar-refractivity contribution >= 4 is 18.2 Å². The van der Waals surface area contributed by atoms with E-state index in [0.717, 1.165) is 34.4 Å². The smallest absolute Gasteiger partial charge is 0.419 e.